The Morgan fingerprint density at radius 2 is 1.62 bits per heavy atom. The number of hydrogen-bond acceptors (Lipinski definition) is 3. The Morgan fingerprint density at radius 1 is 1.00 bits per heavy atom. The van der Waals surface area contributed by atoms with Gasteiger partial charge in [0.1, 0.15) is 5.69 Å². The molecule has 0 bridgehead atoms. The van der Waals surface area contributed by atoms with Gasteiger partial charge in [0.05, 0.1) is 11.4 Å². The molecule has 5 rings (SSSR count). The van der Waals surface area contributed by atoms with Gasteiger partial charge in [-0.2, -0.15) is 5.10 Å². The van der Waals surface area contributed by atoms with Crippen LogP contribution in [0.2, 0.25) is 10.0 Å². The highest BCUT2D eigenvalue weighted by Gasteiger charge is 2.20. The molecule has 1 aliphatic heterocycles. The van der Waals surface area contributed by atoms with Gasteiger partial charge < -0.3 is 11.1 Å². The summed E-state index contributed by atoms with van der Waals surface area (Å²) < 4.78 is 1.89. The third-order valence-corrected chi connectivity index (χ3v) is 6.81. The Labute approximate surface area is 214 Å². The number of rotatable bonds is 3. The minimum Gasteiger partial charge on any atom is -0.397 e. The fourth-order valence-corrected chi connectivity index (χ4v) is 4.69. The molecule has 2 aromatic carbocycles. The monoisotopic (exact) mass is 498 g/mol. The first-order valence-corrected chi connectivity index (χ1v) is 12.8. The molecule has 6 heteroatoms. The van der Waals surface area contributed by atoms with Crippen molar-refractivity contribution in [3.05, 3.63) is 82.0 Å². The summed E-state index contributed by atoms with van der Waals surface area (Å²) in [5.74, 6) is 0.774. The molecule has 0 atom stereocenters. The van der Waals surface area contributed by atoms with Crippen LogP contribution in [0.4, 0.5) is 0 Å². The average molecular weight is 500 g/mol. The van der Waals surface area contributed by atoms with E-state index in [1.54, 1.807) is 18.2 Å². The number of benzene rings is 2. The quantitative estimate of drug-likeness (QED) is 0.396. The second-order valence-electron chi connectivity index (χ2n) is 8.97. The van der Waals surface area contributed by atoms with Crippen LogP contribution in [0.25, 0.3) is 17.0 Å². The Kier molecular flexibility index (Phi) is 10.1. The first-order valence-electron chi connectivity index (χ1n) is 12.1. The van der Waals surface area contributed by atoms with E-state index >= 15 is 0 Å². The van der Waals surface area contributed by atoms with E-state index < -0.39 is 0 Å². The third kappa shape index (κ3) is 7.36. The van der Waals surface area contributed by atoms with Gasteiger partial charge in [-0.1, -0.05) is 73.0 Å². The van der Waals surface area contributed by atoms with E-state index in [9.17, 15) is 0 Å². The average Bonchev–Trinajstić information content (AvgIpc) is 3.09. The summed E-state index contributed by atoms with van der Waals surface area (Å²) in [6.45, 7) is 8.34. The Morgan fingerprint density at radius 3 is 1.97 bits per heavy atom. The van der Waals surface area contributed by atoms with Crippen molar-refractivity contribution in [2.75, 3.05) is 13.1 Å². The van der Waals surface area contributed by atoms with Crippen LogP contribution in [0.15, 0.2) is 55.1 Å². The molecule has 2 aliphatic rings. The predicted octanol–water partition coefficient (Wildman–Crippen LogP) is 7.35. The van der Waals surface area contributed by atoms with E-state index in [0.717, 1.165) is 22.9 Å². The lowest BCUT2D eigenvalue weighted by Crippen LogP contribution is -2.21. The summed E-state index contributed by atoms with van der Waals surface area (Å²) in [6.07, 6.45) is 8.25. The van der Waals surface area contributed by atoms with Crippen LogP contribution in [0, 0.1) is 6.92 Å². The summed E-state index contributed by atoms with van der Waals surface area (Å²) in [5, 5.41) is 9.10. The smallest absolute Gasteiger partial charge is 0.111 e. The highest BCUT2D eigenvalue weighted by molar-refractivity contribution is 6.34. The van der Waals surface area contributed by atoms with Crippen molar-refractivity contribution < 1.29 is 0 Å². The number of piperidine rings is 1. The highest BCUT2D eigenvalue weighted by atomic mass is 35.5. The van der Waals surface area contributed by atoms with Crippen LogP contribution in [0.5, 0.6) is 0 Å². The molecular formula is C28H36Cl2N4. The molecule has 1 aromatic heterocycles. The van der Waals surface area contributed by atoms with Crippen molar-refractivity contribution >= 4 is 28.9 Å². The molecule has 0 spiro atoms. The number of halogens is 2. The van der Waals surface area contributed by atoms with Crippen LogP contribution >= 0.6 is 23.2 Å². The first-order chi connectivity index (χ1) is 16.4. The van der Waals surface area contributed by atoms with Crippen molar-refractivity contribution in [2.45, 2.75) is 51.4 Å². The molecule has 34 heavy (non-hydrogen) atoms. The van der Waals surface area contributed by atoms with Gasteiger partial charge in [-0.05, 0) is 75.4 Å². The second kappa shape index (κ2) is 13.0. The zero-order valence-electron chi connectivity index (χ0n) is 20.3. The van der Waals surface area contributed by atoms with Crippen molar-refractivity contribution in [1.82, 2.24) is 15.1 Å². The van der Waals surface area contributed by atoms with Crippen molar-refractivity contribution in [3.8, 4) is 11.3 Å². The molecule has 0 radical (unpaired) electrons. The van der Waals surface area contributed by atoms with Gasteiger partial charge >= 0.3 is 0 Å². The molecule has 2 fully saturated rings. The maximum Gasteiger partial charge on any atom is 0.111 e. The van der Waals surface area contributed by atoms with Gasteiger partial charge in [0.15, 0.2) is 0 Å². The molecule has 0 unspecified atom stereocenters. The maximum atomic E-state index is 5.79. The molecule has 1 saturated heterocycles. The molecule has 1 aliphatic carbocycles. The van der Waals surface area contributed by atoms with Crippen molar-refractivity contribution in [1.29, 1.82) is 0 Å². The number of nitrogens with one attached hydrogen (secondary N) is 1. The van der Waals surface area contributed by atoms with Gasteiger partial charge in [-0.15, -0.1) is 0 Å². The fourth-order valence-electron chi connectivity index (χ4n) is 4.25. The molecule has 3 aromatic rings. The zero-order chi connectivity index (χ0) is 24.5. The van der Waals surface area contributed by atoms with Crippen molar-refractivity contribution in [2.24, 2.45) is 12.8 Å². The van der Waals surface area contributed by atoms with Crippen LogP contribution < -0.4 is 11.1 Å². The standard InChI is InChI=1S/C17H21N3.C6H4Cl2.C5H11N/c1-11-16(12(2)18)19-20(3)17(11)15-9-7-14(8-10-15)13-5-4-6-13;7-5-2-1-3-6(8)4-5;1-2-4-6-5-3-1/h7-10,13H,2,4-6,18H2,1,3H3;1-4H;6H,1-5H2. The Balaban J connectivity index is 0.000000188. The van der Waals surface area contributed by atoms with Crippen LogP contribution in [0.1, 0.15) is 61.3 Å². The molecule has 3 N–H and O–H groups in total. The topological polar surface area (TPSA) is 55.9 Å². The third-order valence-electron chi connectivity index (χ3n) is 6.34. The van der Waals surface area contributed by atoms with Gasteiger partial charge in [-0.3, -0.25) is 4.68 Å². The molecule has 0 amide bonds. The van der Waals surface area contributed by atoms with E-state index in [-0.39, 0.29) is 0 Å². The van der Waals surface area contributed by atoms with E-state index in [4.69, 9.17) is 28.9 Å². The van der Waals surface area contributed by atoms with Gasteiger partial charge in [-0.25, -0.2) is 0 Å². The van der Waals surface area contributed by atoms with Crippen LogP contribution in [-0.4, -0.2) is 22.9 Å². The number of hydrogen-bond donors (Lipinski definition) is 2. The lowest BCUT2D eigenvalue weighted by molar-refractivity contribution is 0.420. The van der Waals surface area contributed by atoms with Crippen molar-refractivity contribution in [3.63, 3.8) is 0 Å². The first kappa shape index (κ1) is 26.3. The summed E-state index contributed by atoms with van der Waals surface area (Å²) in [6, 6.07) is 16.0. The van der Waals surface area contributed by atoms with Crippen LogP contribution in [-0.2, 0) is 7.05 Å². The molecule has 4 nitrogen and oxygen atoms in total. The number of aryl methyl sites for hydroxylation is 1. The molecule has 1 saturated carbocycles. The second-order valence-corrected chi connectivity index (χ2v) is 9.84. The maximum absolute atomic E-state index is 5.79. The summed E-state index contributed by atoms with van der Waals surface area (Å²) in [4.78, 5) is 0. The summed E-state index contributed by atoms with van der Waals surface area (Å²) in [7, 11) is 1.95. The van der Waals surface area contributed by atoms with Crippen LogP contribution in [0.3, 0.4) is 0 Å². The lowest BCUT2D eigenvalue weighted by atomic mass is 9.80. The fraction of sp³-hybridized carbons (Fsp3) is 0.393. The van der Waals surface area contributed by atoms with E-state index in [1.807, 2.05) is 17.8 Å². The van der Waals surface area contributed by atoms with Gasteiger partial charge in [0, 0.05) is 28.2 Å². The van der Waals surface area contributed by atoms with E-state index in [1.165, 1.54) is 62.7 Å². The van der Waals surface area contributed by atoms with E-state index in [0.29, 0.717) is 15.7 Å². The SMILES string of the molecule is C1CCNCC1.C=C(N)c1nn(C)c(-c2ccc(C3CCC3)cc2)c1C.Clc1cccc(Cl)c1. The highest BCUT2D eigenvalue weighted by Crippen LogP contribution is 2.37. The number of nitrogens with two attached hydrogens (primary N) is 1. The van der Waals surface area contributed by atoms with Gasteiger partial charge in [0.25, 0.3) is 0 Å². The predicted molar refractivity (Wildman–Crippen MR) is 146 cm³/mol. The lowest BCUT2D eigenvalue weighted by Gasteiger charge is -2.25. The number of nitrogens with zero attached hydrogens (tertiary/aromatic N) is 2. The minimum atomic E-state index is 0.524. The number of aromatic nitrogens is 2. The Bertz CT molecular complexity index is 1040. The summed E-state index contributed by atoms with van der Waals surface area (Å²) in [5.41, 5.74) is 12.0. The zero-order valence-corrected chi connectivity index (χ0v) is 21.8. The normalized spacial score (nSPS) is 15.3. The summed E-state index contributed by atoms with van der Waals surface area (Å²) >= 11 is 11.1. The minimum absolute atomic E-state index is 0.524. The largest absolute Gasteiger partial charge is 0.397 e. The van der Waals surface area contributed by atoms with E-state index in [2.05, 4.69) is 48.2 Å². The molecular weight excluding hydrogens is 463 g/mol. The Hall–Kier alpha value is -2.27. The molecule has 182 valence electrons. The molecule has 2 heterocycles. The van der Waals surface area contributed by atoms with Gasteiger partial charge in [0.2, 0.25) is 0 Å².